The van der Waals surface area contributed by atoms with Gasteiger partial charge in [-0.3, -0.25) is 4.79 Å². The average Bonchev–Trinajstić information content (AvgIpc) is 2.58. The zero-order chi connectivity index (χ0) is 15.4. The first-order valence-corrected chi connectivity index (χ1v) is 7.49. The van der Waals surface area contributed by atoms with E-state index in [4.69, 9.17) is 0 Å². The number of rotatable bonds is 4. The molecule has 0 fully saturated rings. The van der Waals surface area contributed by atoms with E-state index in [0.29, 0.717) is 12.1 Å². The van der Waals surface area contributed by atoms with E-state index in [0.717, 1.165) is 12.1 Å². The Morgan fingerprint density at radius 2 is 1.59 bits per heavy atom. The van der Waals surface area contributed by atoms with Crippen molar-refractivity contribution >= 4 is 0 Å². The van der Waals surface area contributed by atoms with Crippen molar-refractivity contribution in [1.82, 2.24) is 9.78 Å². The molecule has 0 spiro atoms. The summed E-state index contributed by atoms with van der Waals surface area (Å²) >= 11 is 0. The predicted molar refractivity (Wildman–Crippen MR) is 88.5 cm³/mol. The summed E-state index contributed by atoms with van der Waals surface area (Å²) in [5.41, 5.74) is 3.94. The van der Waals surface area contributed by atoms with E-state index in [1.54, 1.807) is 16.9 Å². The third-order valence-electron chi connectivity index (χ3n) is 3.76. The molecule has 0 amide bonds. The summed E-state index contributed by atoms with van der Waals surface area (Å²) in [6.07, 6.45) is 3.24. The van der Waals surface area contributed by atoms with E-state index < -0.39 is 0 Å². The van der Waals surface area contributed by atoms with Crippen LogP contribution in [0.15, 0.2) is 71.7 Å². The van der Waals surface area contributed by atoms with Crippen LogP contribution in [0.5, 0.6) is 0 Å². The van der Waals surface area contributed by atoms with Crippen LogP contribution in [0.3, 0.4) is 0 Å². The maximum atomic E-state index is 12.1. The number of aromatic nitrogens is 2. The van der Waals surface area contributed by atoms with Crippen LogP contribution in [-0.4, -0.2) is 9.78 Å². The topological polar surface area (TPSA) is 34.9 Å². The third kappa shape index (κ3) is 2.98. The Morgan fingerprint density at radius 3 is 2.32 bits per heavy atom. The maximum absolute atomic E-state index is 12.1. The minimum Gasteiger partial charge on any atom is -0.288 e. The largest absolute Gasteiger partial charge is 0.288 e. The van der Waals surface area contributed by atoms with Crippen LogP contribution >= 0.6 is 0 Å². The van der Waals surface area contributed by atoms with E-state index in [1.165, 1.54) is 11.1 Å². The molecule has 22 heavy (non-hydrogen) atoms. The van der Waals surface area contributed by atoms with Gasteiger partial charge in [0, 0.05) is 18.7 Å². The van der Waals surface area contributed by atoms with Gasteiger partial charge in [-0.25, -0.2) is 4.68 Å². The fraction of sp³-hybridized carbons (Fsp3) is 0.158. The molecule has 0 aliphatic rings. The first-order chi connectivity index (χ1) is 10.8. The zero-order valence-electron chi connectivity index (χ0n) is 12.6. The second-order valence-corrected chi connectivity index (χ2v) is 5.21. The lowest BCUT2D eigenvalue weighted by atomic mass is 10.0. The zero-order valence-corrected chi connectivity index (χ0v) is 12.6. The van der Waals surface area contributed by atoms with Crippen molar-refractivity contribution in [3.63, 3.8) is 0 Å². The molecule has 3 heteroatoms. The number of hydrogen-bond donors (Lipinski definition) is 0. The lowest BCUT2D eigenvalue weighted by Gasteiger charge is -2.09. The SMILES string of the molecule is CCc1ccccc1Cc1nn(-c2ccccc2)ccc1=O. The Hall–Kier alpha value is -2.68. The molecule has 3 aromatic rings. The summed E-state index contributed by atoms with van der Waals surface area (Å²) in [5, 5.41) is 4.52. The maximum Gasteiger partial charge on any atom is 0.203 e. The Kier molecular flexibility index (Phi) is 4.15. The summed E-state index contributed by atoms with van der Waals surface area (Å²) in [7, 11) is 0. The molecule has 0 bridgehead atoms. The molecule has 0 saturated heterocycles. The number of aryl methyl sites for hydroxylation is 1. The summed E-state index contributed by atoms with van der Waals surface area (Å²) in [6, 6.07) is 19.6. The molecule has 0 radical (unpaired) electrons. The van der Waals surface area contributed by atoms with Crippen LogP contribution in [0.1, 0.15) is 23.7 Å². The van der Waals surface area contributed by atoms with Gasteiger partial charge in [-0.1, -0.05) is 49.4 Å². The molecule has 0 unspecified atom stereocenters. The van der Waals surface area contributed by atoms with Crippen LogP contribution in [0.25, 0.3) is 5.69 Å². The molecule has 0 saturated carbocycles. The van der Waals surface area contributed by atoms with Crippen LogP contribution in [0.4, 0.5) is 0 Å². The lowest BCUT2D eigenvalue weighted by Crippen LogP contribution is -2.16. The van der Waals surface area contributed by atoms with E-state index in [9.17, 15) is 4.79 Å². The van der Waals surface area contributed by atoms with Crippen LogP contribution in [0, 0.1) is 0 Å². The summed E-state index contributed by atoms with van der Waals surface area (Å²) in [5.74, 6) is 0. The van der Waals surface area contributed by atoms with E-state index in [2.05, 4.69) is 24.2 Å². The smallest absolute Gasteiger partial charge is 0.203 e. The van der Waals surface area contributed by atoms with Gasteiger partial charge in [0.15, 0.2) is 0 Å². The van der Waals surface area contributed by atoms with Crippen molar-refractivity contribution in [2.45, 2.75) is 19.8 Å². The first-order valence-electron chi connectivity index (χ1n) is 7.49. The summed E-state index contributed by atoms with van der Waals surface area (Å²) < 4.78 is 1.76. The van der Waals surface area contributed by atoms with Gasteiger partial charge in [0.05, 0.1) is 5.69 Å². The van der Waals surface area contributed by atoms with Crippen molar-refractivity contribution < 1.29 is 0 Å². The Morgan fingerprint density at radius 1 is 0.909 bits per heavy atom. The number of hydrogen-bond acceptors (Lipinski definition) is 2. The molecule has 2 aromatic carbocycles. The highest BCUT2D eigenvalue weighted by Crippen LogP contribution is 2.13. The van der Waals surface area contributed by atoms with Crippen LogP contribution in [0.2, 0.25) is 0 Å². The molecular formula is C19H18N2O. The molecule has 110 valence electrons. The standard InChI is InChI=1S/C19H18N2O/c1-2-15-8-6-7-9-16(15)14-18-19(22)12-13-21(20-18)17-10-4-3-5-11-17/h3-13H,2,14H2,1H3. The van der Waals surface area contributed by atoms with Crippen molar-refractivity contribution in [2.24, 2.45) is 0 Å². The van der Waals surface area contributed by atoms with E-state index >= 15 is 0 Å². The van der Waals surface area contributed by atoms with Gasteiger partial charge < -0.3 is 0 Å². The van der Waals surface area contributed by atoms with Gasteiger partial charge in [-0.15, -0.1) is 0 Å². The minimum absolute atomic E-state index is 0.0157. The summed E-state index contributed by atoms with van der Waals surface area (Å²) in [4.78, 5) is 12.1. The third-order valence-corrected chi connectivity index (χ3v) is 3.76. The quantitative estimate of drug-likeness (QED) is 0.738. The molecular weight excluding hydrogens is 272 g/mol. The molecule has 1 aromatic heterocycles. The van der Waals surface area contributed by atoms with Crippen molar-refractivity contribution in [1.29, 1.82) is 0 Å². The minimum atomic E-state index is -0.0157. The van der Waals surface area contributed by atoms with Crippen LogP contribution < -0.4 is 5.43 Å². The molecule has 0 atom stereocenters. The van der Waals surface area contributed by atoms with Gasteiger partial charge >= 0.3 is 0 Å². The molecule has 0 aliphatic carbocycles. The average molecular weight is 290 g/mol. The number of para-hydroxylation sites is 1. The predicted octanol–water partition coefficient (Wildman–Crippen LogP) is 3.39. The fourth-order valence-corrected chi connectivity index (χ4v) is 2.55. The Balaban J connectivity index is 1.99. The Bertz CT molecular complexity index is 822. The van der Waals surface area contributed by atoms with E-state index in [-0.39, 0.29) is 5.43 Å². The molecule has 3 rings (SSSR count). The van der Waals surface area contributed by atoms with E-state index in [1.807, 2.05) is 42.5 Å². The second kappa shape index (κ2) is 6.39. The molecule has 0 aliphatic heterocycles. The highest BCUT2D eigenvalue weighted by atomic mass is 16.1. The molecule has 3 nitrogen and oxygen atoms in total. The highest BCUT2D eigenvalue weighted by Gasteiger charge is 2.07. The van der Waals surface area contributed by atoms with Gasteiger partial charge in [-0.05, 0) is 29.7 Å². The van der Waals surface area contributed by atoms with Gasteiger partial charge in [0.1, 0.15) is 5.69 Å². The number of nitrogens with zero attached hydrogens (tertiary/aromatic N) is 2. The van der Waals surface area contributed by atoms with Gasteiger partial charge in [0.2, 0.25) is 5.43 Å². The summed E-state index contributed by atoms with van der Waals surface area (Å²) in [6.45, 7) is 2.12. The van der Waals surface area contributed by atoms with Crippen molar-refractivity contribution in [3.05, 3.63) is 93.9 Å². The van der Waals surface area contributed by atoms with Gasteiger partial charge in [0.25, 0.3) is 0 Å². The molecule has 1 heterocycles. The fourth-order valence-electron chi connectivity index (χ4n) is 2.55. The highest BCUT2D eigenvalue weighted by molar-refractivity contribution is 5.32. The normalized spacial score (nSPS) is 10.6. The number of benzene rings is 2. The monoisotopic (exact) mass is 290 g/mol. The van der Waals surface area contributed by atoms with Crippen molar-refractivity contribution in [3.8, 4) is 5.69 Å². The van der Waals surface area contributed by atoms with Crippen molar-refractivity contribution in [2.75, 3.05) is 0 Å². The molecule has 0 N–H and O–H groups in total. The first kappa shape index (κ1) is 14.3. The lowest BCUT2D eigenvalue weighted by molar-refractivity contribution is 0.790. The van der Waals surface area contributed by atoms with Gasteiger partial charge in [-0.2, -0.15) is 5.10 Å². The van der Waals surface area contributed by atoms with Crippen LogP contribution in [-0.2, 0) is 12.8 Å². The Labute approximate surface area is 129 Å². The second-order valence-electron chi connectivity index (χ2n) is 5.21.